The Morgan fingerprint density at radius 3 is 1.86 bits per heavy atom. The number of hydrogen-bond acceptors (Lipinski definition) is 16. The van der Waals surface area contributed by atoms with Crippen LogP contribution >= 0.6 is 0 Å². The molecule has 5 saturated heterocycles. The second-order valence-electron chi connectivity index (χ2n) is 22.5. The molecule has 5 fully saturated rings. The molecule has 5 aliphatic rings. The van der Waals surface area contributed by atoms with Gasteiger partial charge in [-0.15, -0.1) is 0 Å². The highest BCUT2D eigenvalue weighted by Gasteiger charge is 2.66. The van der Waals surface area contributed by atoms with E-state index in [0.717, 1.165) is 0 Å². The van der Waals surface area contributed by atoms with Crippen molar-refractivity contribution in [2.24, 2.45) is 23.7 Å². The van der Waals surface area contributed by atoms with Crippen LogP contribution in [0, 0.1) is 23.7 Å². The van der Waals surface area contributed by atoms with Crippen molar-refractivity contribution in [2.45, 2.75) is 198 Å². The number of rotatable bonds is 12. The van der Waals surface area contributed by atoms with Crippen LogP contribution in [0.5, 0.6) is 0 Å². The molecule has 0 aromatic heterocycles. The summed E-state index contributed by atoms with van der Waals surface area (Å²) in [6.45, 7) is 21.4. The lowest BCUT2D eigenvalue weighted by atomic mass is 9.73. The summed E-state index contributed by atoms with van der Waals surface area (Å²) in [7, 11) is 6.42. The number of fused-ring (bicyclic) bond motifs is 3. The van der Waals surface area contributed by atoms with Gasteiger partial charge in [-0.3, -0.25) is 4.79 Å². The molecule has 17 heteroatoms. The number of carbonyl (C=O) groups excluding carboxylic acids is 3. The van der Waals surface area contributed by atoms with Crippen molar-refractivity contribution in [3.05, 3.63) is 71.8 Å². The minimum atomic E-state index is -1.25. The smallest absolute Gasteiger partial charge is 0.338 e. The molecule has 0 radical (unpaired) electrons. The Morgan fingerprint density at radius 2 is 1.32 bits per heavy atom. The Labute approximate surface area is 426 Å². The third-order valence-electron chi connectivity index (χ3n) is 16.1. The molecule has 0 saturated carbocycles. The molecule has 17 nitrogen and oxygen atoms in total. The number of cyclic esters (lactones) is 1. The molecule has 2 bridgehead atoms. The number of epoxide rings is 1. The largest absolute Gasteiger partial charge is 0.459 e. The number of carbonyl (C=O) groups is 3. The predicted molar refractivity (Wildman–Crippen MR) is 261 cm³/mol. The summed E-state index contributed by atoms with van der Waals surface area (Å²) >= 11 is 0. The van der Waals surface area contributed by atoms with Crippen LogP contribution < -0.4 is 0 Å². The first kappa shape index (κ1) is 56.1. The number of methoxy groups -OCH3 is 2. The highest BCUT2D eigenvalue weighted by atomic mass is 16.7. The molecule has 2 aromatic carbocycles. The van der Waals surface area contributed by atoms with Gasteiger partial charge in [0.25, 0.3) is 0 Å². The summed E-state index contributed by atoms with van der Waals surface area (Å²) in [5.41, 5.74) is -2.53. The number of esters is 3. The number of quaternary nitrogens is 1. The fourth-order valence-corrected chi connectivity index (χ4v) is 12.0. The van der Waals surface area contributed by atoms with Crippen LogP contribution in [-0.2, 0) is 61.6 Å². The molecular formula is C55H82NO16+. The Hall–Kier alpha value is -3.59. The van der Waals surface area contributed by atoms with Gasteiger partial charge in [0.05, 0.1) is 73.9 Å². The molecule has 5 aliphatic heterocycles. The maximum atomic E-state index is 15.1. The zero-order chi connectivity index (χ0) is 52.7. The lowest BCUT2D eigenvalue weighted by molar-refractivity contribution is -1.09. The van der Waals surface area contributed by atoms with Crippen LogP contribution in [0.1, 0.15) is 123 Å². The highest BCUT2D eigenvalue weighted by molar-refractivity contribution is 5.90. The van der Waals surface area contributed by atoms with Crippen LogP contribution in [-0.4, -0.2) is 159 Å². The first-order valence-corrected chi connectivity index (χ1v) is 25.8. The lowest BCUT2D eigenvalue weighted by Gasteiger charge is -2.52. The van der Waals surface area contributed by atoms with Crippen LogP contribution in [0.25, 0.3) is 0 Å². The minimum absolute atomic E-state index is 0.0991. The SMILES string of the molecule is CCC1OC(=O)C(C)C(O[C@H]2C[C@@](C)(OC)C(OC(=O)c3ccccc3)C(C)O2)C(C)[C@@H](OC2OC(C)CC([N+](C)(C)O)[C@H]2OC(=O)c2ccccc2)[C@@](C)(OC)C[C@@H](C)C2OC(C)(C)O[C@H]([C@H]2C)[C@@]12CO2. The zero-order valence-corrected chi connectivity index (χ0v) is 45.1. The van der Waals surface area contributed by atoms with E-state index < -0.39 is 124 Å². The molecule has 19 atom stereocenters. The molecule has 1 N–H and O–H groups in total. The summed E-state index contributed by atoms with van der Waals surface area (Å²) in [4.78, 5) is 42.5. The molecule has 10 unspecified atom stereocenters. The lowest BCUT2D eigenvalue weighted by Crippen LogP contribution is -2.65. The quantitative estimate of drug-likeness (QED) is 0.0717. The molecule has 1 spiro atoms. The van der Waals surface area contributed by atoms with Gasteiger partial charge in [-0.2, -0.15) is 4.65 Å². The number of hydroxylamine groups is 3. The van der Waals surface area contributed by atoms with E-state index in [1.165, 1.54) is 0 Å². The Morgan fingerprint density at radius 1 is 0.750 bits per heavy atom. The molecule has 5 heterocycles. The van der Waals surface area contributed by atoms with Gasteiger partial charge in [-0.25, -0.2) is 14.8 Å². The van der Waals surface area contributed by atoms with E-state index in [2.05, 4.69) is 13.8 Å². The van der Waals surface area contributed by atoms with Gasteiger partial charge < -0.3 is 56.8 Å². The molecular weight excluding hydrogens is 931 g/mol. The minimum Gasteiger partial charge on any atom is -0.459 e. The van der Waals surface area contributed by atoms with E-state index >= 15 is 4.79 Å². The fraction of sp³-hybridized carbons (Fsp3) is 0.727. The zero-order valence-electron chi connectivity index (χ0n) is 45.1. The molecule has 2 aromatic rings. The van der Waals surface area contributed by atoms with Gasteiger partial charge in [0, 0.05) is 38.9 Å². The molecule has 7 rings (SSSR count). The predicted octanol–water partition coefficient (Wildman–Crippen LogP) is 7.68. The highest BCUT2D eigenvalue weighted by Crippen LogP contribution is 2.51. The topological polar surface area (TPSA) is 185 Å². The first-order valence-electron chi connectivity index (χ1n) is 25.8. The average Bonchev–Trinajstić information content (AvgIpc) is 4.15. The summed E-state index contributed by atoms with van der Waals surface area (Å²) in [5, 5.41) is 11.7. The Balaban J connectivity index is 1.32. The normalized spacial score (nSPS) is 41.6. The van der Waals surface area contributed by atoms with Gasteiger partial charge in [0.15, 0.2) is 29.8 Å². The van der Waals surface area contributed by atoms with Gasteiger partial charge >= 0.3 is 17.9 Å². The third-order valence-corrected chi connectivity index (χ3v) is 16.1. The van der Waals surface area contributed by atoms with Gasteiger partial charge in [-0.05, 0) is 91.5 Å². The van der Waals surface area contributed by atoms with E-state index in [4.69, 9.17) is 56.8 Å². The maximum Gasteiger partial charge on any atom is 0.338 e. The second-order valence-corrected chi connectivity index (χ2v) is 22.5. The molecule has 0 aliphatic carbocycles. The van der Waals surface area contributed by atoms with Gasteiger partial charge in [0.1, 0.15) is 17.8 Å². The van der Waals surface area contributed by atoms with Gasteiger partial charge in [0.2, 0.25) is 12.4 Å². The van der Waals surface area contributed by atoms with E-state index in [0.29, 0.717) is 37.0 Å². The number of likely N-dealkylation sites (N-methyl/N-ethyl adjacent to an activating group) is 1. The summed E-state index contributed by atoms with van der Waals surface area (Å²) in [5.74, 6) is -4.86. The fourth-order valence-electron chi connectivity index (χ4n) is 12.0. The summed E-state index contributed by atoms with van der Waals surface area (Å²) < 4.78 is 79.1. The van der Waals surface area contributed by atoms with Crippen molar-refractivity contribution in [1.82, 2.24) is 0 Å². The standard InChI is InChI=1S/C55H82NO16/c1-16-40-55(30-63-55)46-33(4)42(71-52(8,9)72-46)31(2)28-53(10,61-14)45(70-51-44(39(56(12,13)60)27-32(3)64-51)68-49(58)37-23-19-17-20-24-37)34(5)43(35(6)48(57)66-40)67-41-29-54(11,62-15)47(36(7)65-41)69-50(59)38-25-21-18-22-26-38/h17-26,31-36,39-47,51,60H,16,27-30H2,1-15H3/q+1/t31-,32?,33+,34?,35?,36?,39?,40?,41+,42?,43?,44-,45-,46-,47?,51?,53+,54-,55-/m1/s1. The van der Waals surface area contributed by atoms with Crippen molar-refractivity contribution in [1.29, 1.82) is 0 Å². The Bertz CT molecular complexity index is 2150. The second kappa shape index (κ2) is 21.9. The molecule has 72 heavy (non-hydrogen) atoms. The number of benzene rings is 2. The van der Waals surface area contributed by atoms with Crippen molar-refractivity contribution >= 4 is 17.9 Å². The number of nitrogens with zero attached hydrogens (tertiary/aromatic N) is 1. The first-order chi connectivity index (χ1) is 33.8. The van der Waals surface area contributed by atoms with Crippen molar-refractivity contribution in [3.63, 3.8) is 0 Å². The van der Waals surface area contributed by atoms with Crippen LogP contribution in [0.2, 0.25) is 0 Å². The number of hydrogen-bond donors (Lipinski definition) is 1. The van der Waals surface area contributed by atoms with Gasteiger partial charge in [-0.1, -0.05) is 64.1 Å². The number of ether oxygens (including phenoxy) is 12. The Kier molecular flexibility index (Phi) is 17.1. The molecule has 402 valence electrons. The van der Waals surface area contributed by atoms with Crippen LogP contribution in [0.3, 0.4) is 0 Å². The van der Waals surface area contributed by atoms with E-state index in [1.54, 1.807) is 90.7 Å². The van der Waals surface area contributed by atoms with E-state index in [-0.39, 0.29) is 24.4 Å². The summed E-state index contributed by atoms with van der Waals surface area (Å²) in [6, 6.07) is 16.6. The van der Waals surface area contributed by atoms with E-state index in [9.17, 15) is 14.8 Å². The third kappa shape index (κ3) is 11.8. The van der Waals surface area contributed by atoms with Crippen LogP contribution in [0.4, 0.5) is 0 Å². The monoisotopic (exact) mass is 1010 g/mol. The van der Waals surface area contributed by atoms with Crippen molar-refractivity contribution < 1.29 is 81.1 Å². The van der Waals surface area contributed by atoms with Crippen LogP contribution in [0.15, 0.2) is 60.7 Å². The van der Waals surface area contributed by atoms with Crippen molar-refractivity contribution in [2.75, 3.05) is 34.9 Å². The maximum absolute atomic E-state index is 15.1. The molecule has 0 amide bonds. The summed E-state index contributed by atoms with van der Waals surface area (Å²) in [6.07, 6.45) is -7.76. The van der Waals surface area contributed by atoms with Crippen molar-refractivity contribution in [3.8, 4) is 0 Å². The average molecular weight is 1010 g/mol. The van der Waals surface area contributed by atoms with E-state index in [1.807, 2.05) is 60.6 Å².